The third-order valence-electron chi connectivity index (χ3n) is 5.33. The molecule has 160 valence electrons. The molecule has 0 N–H and O–H groups in total. The van der Waals surface area contributed by atoms with Crippen LogP contribution in [0, 0.1) is 16.7 Å². The highest BCUT2D eigenvalue weighted by Gasteiger charge is 2.23. The summed E-state index contributed by atoms with van der Waals surface area (Å²) in [5.74, 6) is 0. The number of imidazole rings is 1. The van der Waals surface area contributed by atoms with Crippen molar-refractivity contribution in [3.63, 3.8) is 0 Å². The summed E-state index contributed by atoms with van der Waals surface area (Å²) in [6, 6.07) is 9.78. The van der Waals surface area contributed by atoms with Crippen molar-refractivity contribution in [2.24, 2.45) is 5.41 Å². The van der Waals surface area contributed by atoms with Gasteiger partial charge in [-0.25, -0.2) is 9.78 Å². The Morgan fingerprint density at radius 1 is 1.13 bits per heavy atom. The van der Waals surface area contributed by atoms with E-state index >= 15 is 0 Å². The summed E-state index contributed by atoms with van der Waals surface area (Å²) in [4.78, 5) is 20.7. The fourth-order valence-electron chi connectivity index (χ4n) is 3.36. The maximum absolute atomic E-state index is 12.3. The summed E-state index contributed by atoms with van der Waals surface area (Å²) in [5, 5.41) is 8.94. The molecule has 30 heavy (non-hydrogen) atoms. The lowest BCUT2D eigenvalue weighted by molar-refractivity contribution is 0.0675. The van der Waals surface area contributed by atoms with Crippen LogP contribution < -0.4 is 0 Å². The first-order chi connectivity index (χ1) is 14.3. The number of ether oxygens (including phenoxy) is 1. The van der Waals surface area contributed by atoms with E-state index in [1.807, 2.05) is 36.8 Å². The van der Waals surface area contributed by atoms with Gasteiger partial charge in [-0.15, -0.1) is 0 Å². The lowest BCUT2D eigenvalue weighted by Gasteiger charge is -2.34. The second-order valence-electron chi connectivity index (χ2n) is 9.01. The van der Waals surface area contributed by atoms with Crippen molar-refractivity contribution in [1.29, 1.82) is 5.26 Å². The quantitative estimate of drug-likeness (QED) is 0.730. The number of carbonyl (C=O) groups excluding carboxylic acids is 1. The maximum Gasteiger partial charge on any atom is 0.409 e. The predicted molar refractivity (Wildman–Crippen MR) is 115 cm³/mol. The topological polar surface area (TPSA) is 74.4 Å². The Bertz CT molecular complexity index is 868. The maximum atomic E-state index is 12.3. The molecule has 0 bridgehead atoms. The van der Waals surface area contributed by atoms with Gasteiger partial charge in [-0.1, -0.05) is 32.9 Å². The van der Waals surface area contributed by atoms with E-state index in [2.05, 4.69) is 41.3 Å². The first kappa shape index (κ1) is 21.8. The number of aromatic nitrogens is 2. The van der Waals surface area contributed by atoms with Crippen molar-refractivity contribution >= 4 is 6.09 Å². The van der Waals surface area contributed by atoms with Crippen LogP contribution in [-0.2, 0) is 17.8 Å². The molecule has 1 amide bonds. The second-order valence-corrected chi connectivity index (χ2v) is 9.01. The molecule has 0 spiro atoms. The number of hydrogen-bond acceptors (Lipinski definition) is 5. The Hall–Kier alpha value is -2.85. The Balaban J connectivity index is 1.47. The van der Waals surface area contributed by atoms with Gasteiger partial charge in [0.05, 0.1) is 30.3 Å². The third-order valence-corrected chi connectivity index (χ3v) is 5.33. The average Bonchev–Trinajstić information content (AvgIpc) is 3.14. The molecule has 1 saturated heterocycles. The standard InChI is InChI=1S/C23H31N5O2/c1-23(2,3)8-13-30-22(29)27-11-9-26(10-12-27)17-21-15-25-18-28(21)16-20-6-4-19(14-24)5-7-20/h4-7,15,18H,8-13,16-17H2,1-3H3. The number of nitrogens with zero attached hydrogens (tertiary/aromatic N) is 5. The molecule has 1 fully saturated rings. The lowest BCUT2D eigenvalue weighted by atomic mass is 9.93. The summed E-state index contributed by atoms with van der Waals surface area (Å²) >= 11 is 0. The van der Waals surface area contributed by atoms with Gasteiger partial charge < -0.3 is 14.2 Å². The Labute approximate surface area is 178 Å². The summed E-state index contributed by atoms with van der Waals surface area (Å²) in [6.07, 6.45) is 4.40. The van der Waals surface area contributed by atoms with Gasteiger partial charge in [-0.2, -0.15) is 5.26 Å². The van der Waals surface area contributed by atoms with Gasteiger partial charge in [0.2, 0.25) is 0 Å². The van der Waals surface area contributed by atoms with E-state index in [0.29, 0.717) is 25.3 Å². The van der Waals surface area contributed by atoms with Crippen LogP contribution in [-0.4, -0.2) is 58.2 Å². The Kier molecular flexibility index (Phi) is 7.11. The van der Waals surface area contributed by atoms with Gasteiger partial charge in [0.15, 0.2) is 0 Å². The van der Waals surface area contributed by atoms with E-state index in [1.54, 1.807) is 4.90 Å². The minimum absolute atomic E-state index is 0.166. The van der Waals surface area contributed by atoms with Crippen molar-refractivity contribution in [1.82, 2.24) is 19.4 Å². The number of amides is 1. The zero-order chi connectivity index (χ0) is 21.6. The van der Waals surface area contributed by atoms with Crippen LogP contribution in [0.2, 0.25) is 0 Å². The molecule has 0 atom stereocenters. The van der Waals surface area contributed by atoms with Crippen LogP contribution >= 0.6 is 0 Å². The van der Waals surface area contributed by atoms with Gasteiger partial charge in [-0.05, 0) is 29.5 Å². The zero-order valence-corrected chi connectivity index (χ0v) is 18.2. The minimum Gasteiger partial charge on any atom is -0.449 e. The number of rotatable bonds is 6. The monoisotopic (exact) mass is 409 g/mol. The molecule has 0 saturated carbocycles. The zero-order valence-electron chi connectivity index (χ0n) is 18.2. The molecule has 7 heteroatoms. The van der Waals surface area contributed by atoms with Crippen LogP contribution in [0.15, 0.2) is 36.8 Å². The van der Waals surface area contributed by atoms with Crippen LogP contribution in [0.3, 0.4) is 0 Å². The van der Waals surface area contributed by atoms with E-state index in [4.69, 9.17) is 10.00 Å². The molecule has 2 aromatic rings. The van der Waals surface area contributed by atoms with Gasteiger partial charge in [0, 0.05) is 45.5 Å². The first-order valence-corrected chi connectivity index (χ1v) is 10.5. The van der Waals surface area contributed by atoms with Crippen LogP contribution in [0.1, 0.15) is 44.0 Å². The smallest absolute Gasteiger partial charge is 0.409 e. The molecule has 2 heterocycles. The number of nitriles is 1. The van der Waals surface area contributed by atoms with Gasteiger partial charge in [-0.3, -0.25) is 4.90 Å². The summed E-state index contributed by atoms with van der Waals surface area (Å²) in [7, 11) is 0. The molecular weight excluding hydrogens is 378 g/mol. The van der Waals surface area contributed by atoms with Crippen molar-refractivity contribution in [2.75, 3.05) is 32.8 Å². The lowest BCUT2D eigenvalue weighted by Crippen LogP contribution is -2.48. The summed E-state index contributed by atoms with van der Waals surface area (Å²) in [6.45, 7) is 11.4. The highest BCUT2D eigenvalue weighted by atomic mass is 16.6. The largest absolute Gasteiger partial charge is 0.449 e. The molecular formula is C23H31N5O2. The number of piperazine rings is 1. The Morgan fingerprint density at radius 3 is 2.47 bits per heavy atom. The van der Waals surface area contributed by atoms with Gasteiger partial charge >= 0.3 is 6.09 Å². The van der Waals surface area contributed by atoms with Gasteiger partial charge in [0.25, 0.3) is 0 Å². The van der Waals surface area contributed by atoms with Crippen molar-refractivity contribution in [2.45, 2.75) is 40.3 Å². The third kappa shape index (κ3) is 6.33. The normalized spacial score (nSPS) is 15.1. The van der Waals surface area contributed by atoms with E-state index in [0.717, 1.165) is 43.9 Å². The minimum atomic E-state index is -0.204. The fraction of sp³-hybridized carbons (Fsp3) is 0.522. The second kappa shape index (κ2) is 9.77. The van der Waals surface area contributed by atoms with E-state index in [1.165, 1.54) is 0 Å². The Morgan fingerprint density at radius 2 is 1.83 bits per heavy atom. The molecule has 1 aromatic carbocycles. The molecule has 1 aromatic heterocycles. The summed E-state index contributed by atoms with van der Waals surface area (Å²) in [5.41, 5.74) is 3.11. The van der Waals surface area contributed by atoms with Crippen molar-refractivity contribution in [3.05, 3.63) is 53.6 Å². The SMILES string of the molecule is CC(C)(C)CCOC(=O)N1CCN(Cc2cncn2Cc2ccc(C#N)cc2)CC1. The highest BCUT2D eigenvalue weighted by molar-refractivity contribution is 5.67. The number of hydrogen-bond donors (Lipinski definition) is 0. The van der Waals surface area contributed by atoms with Crippen LogP contribution in [0.5, 0.6) is 0 Å². The number of carbonyl (C=O) groups is 1. The fourth-order valence-corrected chi connectivity index (χ4v) is 3.36. The first-order valence-electron chi connectivity index (χ1n) is 10.5. The molecule has 3 rings (SSSR count). The van der Waals surface area contributed by atoms with E-state index in [9.17, 15) is 4.79 Å². The van der Waals surface area contributed by atoms with E-state index in [-0.39, 0.29) is 11.5 Å². The van der Waals surface area contributed by atoms with Gasteiger partial charge in [0.1, 0.15) is 0 Å². The van der Waals surface area contributed by atoms with Crippen LogP contribution in [0.25, 0.3) is 0 Å². The van der Waals surface area contributed by atoms with Crippen molar-refractivity contribution < 1.29 is 9.53 Å². The molecule has 0 unspecified atom stereocenters. The molecule has 7 nitrogen and oxygen atoms in total. The van der Waals surface area contributed by atoms with E-state index < -0.39 is 0 Å². The molecule has 0 aliphatic carbocycles. The van der Waals surface area contributed by atoms with Crippen LogP contribution in [0.4, 0.5) is 4.79 Å². The molecule has 0 radical (unpaired) electrons. The summed E-state index contributed by atoms with van der Waals surface area (Å²) < 4.78 is 7.57. The predicted octanol–water partition coefficient (Wildman–Crippen LogP) is 3.49. The number of benzene rings is 1. The average molecular weight is 410 g/mol. The highest BCUT2D eigenvalue weighted by Crippen LogP contribution is 2.18. The molecule has 1 aliphatic rings. The molecule has 1 aliphatic heterocycles. The van der Waals surface area contributed by atoms with Crippen molar-refractivity contribution in [3.8, 4) is 6.07 Å².